The summed E-state index contributed by atoms with van der Waals surface area (Å²) in [5.41, 5.74) is 2.55. The third-order valence-electron chi connectivity index (χ3n) is 3.35. The van der Waals surface area contributed by atoms with Gasteiger partial charge in [0.2, 0.25) is 0 Å². The van der Waals surface area contributed by atoms with Gasteiger partial charge in [-0.15, -0.1) is 0 Å². The Bertz CT molecular complexity index is 710. The van der Waals surface area contributed by atoms with Crippen molar-refractivity contribution >= 4 is 28.2 Å². The van der Waals surface area contributed by atoms with Crippen LogP contribution in [-0.2, 0) is 10.8 Å². The number of rotatable bonds is 4. The first-order chi connectivity index (χ1) is 9.90. The molecule has 0 saturated heterocycles. The molecule has 0 aliphatic rings. The highest BCUT2D eigenvalue weighted by atomic mass is 35.5. The summed E-state index contributed by atoms with van der Waals surface area (Å²) < 4.78 is 12.6. The summed E-state index contributed by atoms with van der Waals surface area (Å²) in [7, 11) is -1.38. The first-order valence-corrected chi connectivity index (χ1v) is 8.27. The van der Waals surface area contributed by atoms with Crippen LogP contribution in [0.25, 0.3) is 0 Å². The van der Waals surface area contributed by atoms with Crippen LogP contribution in [0.2, 0.25) is 5.02 Å². The molecule has 0 spiro atoms. The second kappa shape index (κ2) is 6.54. The molecule has 0 aliphatic heterocycles. The fraction of sp³-hybridized carbons (Fsp3) is 0.235. The lowest BCUT2D eigenvalue weighted by atomic mass is 10.1. The van der Waals surface area contributed by atoms with Gasteiger partial charge in [0.15, 0.2) is 5.78 Å². The Morgan fingerprint density at radius 3 is 2.48 bits per heavy atom. The minimum absolute atomic E-state index is 0.157. The molecule has 0 radical (unpaired) electrons. The van der Waals surface area contributed by atoms with Gasteiger partial charge in [-0.3, -0.25) is 9.00 Å². The third-order valence-corrected chi connectivity index (χ3v) is 5.33. The quantitative estimate of drug-likeness (QED) is 0.785. The lowest BCUT2D eigenvalue weighted by Crippen LogP contribution is -2.23. The Labute approximate surface area is 132 Å². The molecule has 0 N–H and O–H groups in total. The lowest BCUT2D eigenvalue weighted by Gasteiger charge is -2.13. The summed E-state index contributed by atoms with van der Waals surface area (Å²) in [4.78, 5) is 13.1. The maximum atomic E-state index is 12.6. The van der Waals surface area contributed by atoms with Crippen LogP contribution in [-0.4, -0.2) is 15.2 Å². The molecule has 0 heterocycles. The number of ketones is 1. The molecule has 0 bridgehead atoms. The number of carbonyl (C=O) groups excluding carboxylic acids is 1. The van der Waals surface area contributed by atoms with E-state index < -0.39 is 16.0 Å². The van der Waals surface area contributed by atoms with Gasteiger partial charge in [0.25, 0.3) is 0 Å². The van der Waals surface area contributed by atoms with E-state index >= 15 is 0 Å². The number of carbonyl (C=O) groups is 1. The molecule has 2 unspecified atom stereocenters. The van der Waals surface area contributed by atoms with E-state index in [1.807, 2.05) is 32.0 Å². The highest BCUT2D eigenvalue weighted by molar-refractivity contribution is 7.86. The van der Waals surface area contributed by atoms with Gasteiger partial charge >= 0.3 is 0 Å². The number of hydrogen-bond acceptors (Lipinski definition) is 2. The van der Waals surface area contributed by atoms with Gasteiger partial charge in [0.1, 0.15) is 0 Å². The van der Waals surface area contributed by atoms with Crippen LogP contribution in [0.5, 0.6) is 0 Å². The molecule has 4 heteroatoms. The molecule has 2 aromatic carbocycles. The molecular weight excluding hydrogens is 304 g/mol. The van der Waals surface area contributed by atoms with Gasteiger partial charge in [-0.2, -0.15) is 0 Å². The van der Waals surface area contributed by atoms with Crippen molar-refractivity contribution in [3.63, 3.8) is 0 Å². The van der Waals surface area contributed by atoms with E-state index in [0.717, 1.165) is 11.1 Å². The molecule has 0 amide bonds. The van der Waals surface area contributed by atoms with Crippen LogP contribution in [0.3, 0.4) is 0 Å². The van der Waals surface area contributed by atoms with Crippen molar-refractivity contribution in [3.8, 4) is 0 Å². The Hall–Kier alpha value is -1.45. The summed E-state index contributed by atoms with van der Waals surface area (Å²) in [5.74, 6) is -0.157. The monoisotopic (exact) mass is 320 g/mol. The van der Waals surface area contributed by atoms with Gasteiger partial charge in [0, 0.05) is 15.5 Å². The van der Waals surface area contributed by atoms with Gasteiger partial charge in [-0.05, 0) is 44.5 Å². The van der Waals surface area contributed by atoms with Gasteiger partial charge in [-0.1, -0.05) is 41.4 Å². The van der Waals surface area contributed by atoms with E-state index in [1.165, 1.54) is 0 Å². The zero-order valence-corrected chi connectivity index (χ0v) is 13.8. The van der Waals surface area contributed by atoms with Crippen LogP contribution >= 0.6 is 11.6 Å². The smallest absolute Gasteiger partial charge is 0.178 e. The summed E-state index contributed by atoms with van der Waals surface area (Å²) in [6.07, 6.45) is 0. The minimum atomic E-state index is -1.38. The predicted octanol–water partition coefficient (Wildman–Crippen LogP) is 4.34. The predicted molar refractivity (Wildman–Crippen MR) is 87.6 cm³/mol. The first kappa shape index (κ1) is 15.9. The zero-order chi connectivity index (χ0) is 15.6. The number of hydrogen-bond donors (Lipinski definition) is 0. The Morgan fingerprint density at radius 2 is 1.86 bits per heavy atom. The SMILES string of the molecule is Cc1ccc(S(=O)C(C)C(=O)c2cccc(Cl)c2)c(C)c1. The van der Waals surface area contributed by atoms with E-state index in [-0.39, 0.29) is 5.78 Å². The molecule has 0 fully saturated rings. The fourth-order valence-electron chi connectivity index (χ4n) is 2.19. The Morgan fingerprint density at radius 1 is 1.14 bits per heavy atom. The van der Waals surface area contributed by atoms with Crippen LogP contribution < -0.4 is 0 Å². The highest BCUT2D eigenvalue weighted by Crippen LogP contribution is 2.21. The van der Waals surface area contributed by atoms with Gasteiger partial charge < -0.3 is 0 Å². The average Bonchev–Trinajstić information content (AvgIpc) is 2.45. The lowest BCUT2D eigenvalue weighted by molar-refractivity contribution is 0.0992. The topological polar surface area (TPSA) is 34.1 Å². The normalized spacial score (nSPS) is 13.7. The minimum Gasteiger partial charge on any atom is -0.293 e. The van der Waals surface area contributed by atoms with Crippen molar-refractivity contribution in [2.24, 2.45) is 0 Å². The number of benzene rings is 2. The average molecular weight is 321 g/mol. The number of aryl methyl sites for hydroxylation is 2. The Balaban J connectivity index is 2.28. The largest absolute Gasteiger partial charge is 0.293 e. The molecule has 21 heavy (non-hydrogen) atoms. The molecule has 0 aromatic heterocycles. The Kier molecular flexibility index (Phi) is 4.96. The summed E-state index contributed by atoms with van der Waals surface area (Å²) >= 11 is 5.90. The maximum absolute atomic E-state index is 12.6. The van der Waals surface area contributed by atoms with E-state index in [1.54, 1.807) is 31.2 Å². The van der Waals surface area contributed by atoms with Crippen molar-refractivity contribution in [3.05, 3.63) is 64.2 Å². The molecule has 2 aromatic rings. The van der Waals surface area contributed by atoms with Crippen molar-refractivity contribution in [2.75, 3.05) is 0 Å². The number of halogens is 1. The van der Waals surface area contributed by atoms with Crippen molar-refractivity contribution in [1.29, 1.82) is 0 Å². The van der Waals surface area contributed by atoms with Crippen molar-refractivity contribution in [2.45, 2.75) is 30.9 Å². The fourth-order valence-corrected chi connectivity index (χ4v) is 3.67. The van der Waals surface area contributed by atoms with E-state index in [9.17, 15) is 9.00 Å². The maximum Gasteiger partial charge on any atom is 0.178 e. The molecular formula is C17H17ClO2S. The van der Waals surface area contributed by atoms with Crippen LogP contribution in [0.15, 0.2) is 47.4 Å². The van der Waals surface area contributed by atoms with Crippen molar-refractivity contribution in [1.82, 2.24) is 0 Å². The zero-order valence-electron chi connectivity index (χ0n) is 12.2. The van der Waals surface area contributed by atoms with Crippen LogP contribution in [0.4, 0.5) is 0 Å². The molecule has 2 rings (SSSR count). The molecule has 0 aliphatic carbocycles. The van der Waals surface area contributed by atoms with Crippen LogP contribution in [0, 0.1) is 13.8 Å². The molecule has 110 valence electrons. The number of Topliss-reactive ketones (excluding diaryl/α,β-unsaturated/α-hetero) is 1. The highest BCUT2D eigenvalue weighted by Gasteiger charge is 2.23. The molecule has 2 nitrogen and oxygen atoms in total. The molecule has 2 atom stereocenters. The summed E-state index contributed by atoms with van der Waals surface area (Å²) in [6, 6.07) is 12.5. The van der Waals surface area contributed by atoms with E-state index in [4.69, 9.17) is 11.6 Å². The van der Waals surface area contributed by atoms with Gasteiger partial charge in [0.05, 0.1) is 16.0 Å². The van der Waals surface area contributed by atoms with Gasteiger partial charge in [-0.25, -0.2) is 0 Å². The summed E-state index contributed by atoms with van der Waals surface area (Å²) in [5, 5.41) is -0.102. The van der Waals surface area contributed by atoms with Crippen LogP contribution in [0.1, 0.15) is 28.4 Å². The first-order valence-electron chi connectivity index (χ1n) is 6.68. The second-order valence-electron chi connectivity index (χ2n) is 5.08. The molecule has 0 saturated carbocycles. The second-order valence-corrected chi connectivity index (χ2v) is 7.26. The van der Waals surface area contributed by atoms with E-state index in [0.29, 0.717) is 15.5 Å². The standard InChI is InChI=1S/C17H17ClO2S/c1-11-7-8-16(12(2)9-11)21(20)13(3)17(19)14-5-4-6-15(18)10-14/h4-10,13H,1-3H3. The van der Waals surface area contributed by atoms with E-state index in [2.05, 4.69) is 0 Å². The summed E-state index contributed by atoms with van der Waals surface area (Å²) in [6.45, 7) is 5.59. The van der Waals surface area contributed by atoms with Crippen molar-refractivity contribution < 1.29 is 9.00 Å². The third kappa shape index (κ3) is 3.60.